The van der Waals surface area contributed by atoms with Crippen molar-refractivity contribution < 1.29 is 14.3 Å². The summed E-state index contributed by atoms with van der Waals surface area (Å²) in [5, 5.41) is 0. The first kappa shape index (κ1) is 18.1. The van der Waals surface area contributed by atoms with Crippen LogP contribution in [-0.2, 0) is 6.42 Å². The number of aryl methyl sites for hydroxylation is 1. The lowest BCUT2D eigenvalue weighted by Crippen LogP contribution is -2.09. The van der Waals surface area contributed by atoms with E-state index in [0.717, 1.165) is 12.2 Å². The van der Waals surface area contributed by atoms with E-state index in [1.165, 1.54) is 24.8 Å². The van der Waals surface area contributed by atoms with Crippen molar-refractivity contribution in [3.63, 3.8) is 0 Å². The molecule has 128 valence electrons. The molecule has 0 aliphatic carbocycles. The molecule has 2 rings (SSSR count). The normalized spacial score (nSPS) is 10.7. The average molecular weight is 326 g/mol. The van der Waals surface area contributed by atoms with Gasteiger partial charge in [0.1, 0.15) is 11.5 Å². The summed E-state index contributed by atoms with van der Waals surface area (Å²) >= 11 is 0. The average Bonchev–Trinajstić information content (AvgIpc) is 2.57. The molecule has 0 N–H and O–H groups in total. The highest BCUT2D eigenvalue weighted by atomic mass is 16.5. The van der Waals surface area contributed by atoms with Crippen molar-refractivity contribution in [1.82, 2.24) is 0 Å². The molecule has 0 saturated heterocycles. The van der Waals surface area contributed by atoms with Crippen molar-refractivity contribution in [2.75, 3.05) is 0 Å². The predicted molar refractivity (Wildman–Crippen MR) is 96.8 cm³/mol. The van der Waals surface area contributed by atoms with E-state index in [2.05, 4.69) is 6.92 Å². The molecule has 2 aromatic rings. The number of rotatable bonds is 8. The minimum Gasteiger partial charge on any atom is -0.491 e. The van der Waals surface area contributed by atoms with Crippen LogP contribution in [0.5, 0.6) is 11.5 Å². The van der Waals surface area contributed by atoms with Crippen LogP contribution in [0.3, 0.4) is 0 Å². The standard InChI is InChI=1S/C21H26O3/c1-4-5-6-7-17-8-12-20(13-9-17)24-21(22)18-10-14-19(15-11-18)23-16(2)3/h8-16H,4-7H2,1-3H3. The zero-order valence-corrected chi connectivity index (χ0v) is 14.7. The summed E-state index contributed by atoms with van der Waals surface area (Å²) in [5.74, 6) is 0.963. The second-order valence-corrected chi connectivity index (χ2v) is 6.18. The fourth-order valence-corrected chi connectivity index (χ4v) is 2.41. The Bertz CT molecular complexity index is 627. The molecular weight excluding hydrogens is 300 g/mol. The summed E-state index contributed by atoms with van der Waals surface area (Å²) in [6, 6.07) is 14.8. The maximum Gasteiger partial charge on any atom is 0.343 e. The van der Waals surface area contributed by atoms with Crippen LogP contribution in [0.15, 0.2) is 48.5 Å². The van der Waals surface area contributed by atoms with Crippen LogP contribution in [0.2, 0.25) is 0 Å². The molecule has 0 aliphatic rings. The van der Waals surface area contributed by atoms with Crippen LogP contribution in [-0.4, -0.2) is 12.1 Å². The summed E-state index contributed by atoms with van der Waals surface area (Å²) in [6.07, 6.45) is 4.84. The van der Waals surface area contributed by atoms with Crippen molar-refractivity contribution in [3.05, 3.63) is 59.7 Å². The van der Waals surface area contributed by atoms with E-state index < -0.39 is 0 Å². The molecular formula is C21H26O3. The van der Waals surface area contributed by atoms with E-state index in [-0.39, 0.29) is 12.1 Å². The Morgan fingerprint density at radius 1 is 0.917 bits per heavy atom. The summed E-state index contributed by atoms with van der Waals surface area (Å²) in [6.45, 7) is 6.13. The lowest BCUT2D eigenvalue weighted by Gasteiger charge is -2.10. The first-order valence-electron chi connectivity index (χ1n) is 8.66. The number of carbonyl (C=O) groups excluding carboxylic acids is 1. The Hall–Kier alpha value is -2.29. The number of unbranched alkanes of at least 4 members (excludes halogenated alkanes) is 2. The van der Waals surface area contributed by atoms with Gasteiger partial charge < -0.3 is 9.47 Å². The zero-order chi connectivity index (χ0) is 17.4. The molecule has 0 aromatic heterocycles. The maximum atomic E-state index is 12.2. The molecule has 2 aromatic carbocycles. The molecule has 0 amide bonds. The molecule has 0 unspecified atom stereocenters. The number of benzene rings is 2. The third-order valence-corrected chi connectivity index (χ3v) is 3.66. The molecule has 3 nitrogen and oxygen atoms in total. The molecule has 24 heavy (non-hydrogen) atoms. The quantitative estimate of drug-likeness (QED) is 0.369. The molecule has 0 atom stereocenters. The largest absolute Gasteiger partial charge is 0.491 e. The van der Waals surface area contributed by atoms with Gasteiger partial charge in [0.2, 0.25) is 0 Å². The summed E-state index contributed by atoms with van der Waals surface area (Å²) in [7, 11) is 0. The van der Waals surface area contributed by atoms with Gasteiger partial charge in [-0.15, -0.1) is 0 Å². The number of carbonyl (C=O) groups is 1. The van der Waals surface area contributed by atoms with Gasteiger partial charge in [-0.3, -0.25) is 0 Å². The summed E-state index contributed by atoms with van der Waals surface area (Å²) in [5.41, 5.74) is 1.79. The van der Waals surface area contributed by atoms with Crippen LogP contribution in [0.4, 0.5) is 0 Å². The Kier molecular flexibility index (Phi) is 6.86. The van der Waals surface area contributed by atoms with Gasteiger partial charge in [-0.05, 0) is 68.7 Å². The lowest BCUT2D eigenvalue weighted by atomic mass is 10.1. The van der Waals surface area contributed by atoms with Gasteiger partial charge in [-0.25, -0.2) is 4.79 Å². The zero-order valence-electron chi connectivity index (χ0n) is 14.7. The molecule has 0 bridgehead atoms. The molecule has 0 saturated carbocycles. The first-order chi connectivity index (χ1) is 11.6. The molecule has 0 heterocycles. The Labute approximate surface area is 144 Å². The second-order valence-electron chi connectivity index (χ2n) is 6.18. The minimum atomic E-state index is -0.357. The van der Waals surface area contributed by atoms with Crippen molar-refractivity contribution in [3.8, 4) is 11.5 Å². The van der Waals surface area contributed by atoms with E-state index in [0.29, 0.717) is 11.3 Å². The summed E-state index contributed by atoms with van der Waals surface area (Å²) < 4.78 is 11.0. The van der Waals surface area contributed by atoms with Crippen LogP contribution in [0, 0.1) is 0 Å². The van der Waals surface area contributed by atoms with E-state index >= 15 is 0 Å². The summed E-state index contributed by atoms with van der Waals surface area (Å²) in [4.78, 5) is 12.2. The van der Waals surface area contributed by atoms with E-state index in [9.17, 15) is 4.79 Å². The van der Waals surface area contributed by atoms with Gasteiger partial charge in [0.05, 0.1) is 11.7 Å². The van der Waals surface area contributed by atoms with Gasteiger partial charge >= 0.3 is 5.97 Å². The molecule has 0 fully saturated rings. The lowest BCUT2D eigenvalue weighted by molar-refractivity contribution is 0.0734. The molecule has 0 aliphatic heterocycles. The van der Waals surface area contributed by atoms with E-state index in [4.69, 9.17) is 9.47 Å². The van der Waals surface area contributed by atoms with Crippen molar-refractivity contribution >= 4 is 5.97 Å². The Balaban J connectivity index is 1.91. The molecule has 3 heteroatoms. The third kappa shape index (κ3) is 5.73. The smallest absolute Gasteiger partial charge is 0.343 e. The van der Waals surface area contributed by atoms with Crippen LogP contribution in [0.25, 0.3) is 0 Å². The monoisotopic (exact) mass is 326 g/mol. The minimum absolute atomic E-state index is 0.110. The molecule has 0 radical (unpaired) electrons. The second kappa shape index (κ2) is 9.11. The van der Waals surface area contributed by atoms with Gasteiger partial charge in [-0.1, -0.05) is 31.9 Å². The number of hydrogen-bond acceptors (Lipinski definition) is 3. The SMILES string of the molecule is CCCCCc1ccc(OC(=O)c2ccc(OC(C)C)cc2)cc1. The number of esters is 1. The van der Waals surface area contributed by atoms with Crippen LogP contribution < -0.4 is 9.47 Å². The van der Waals surface area contributed by atoms with Crippen molar-refractivity contribution in [1.29, 1.82) is 0 Å². The van der Waals surface area contributed by atoms with Crippen molar-refractivity contribution in [2.24, 2.45) is 0 Å². The van der Waals surface area contributed by atoms with Crippen LogP contribution in [0.1, 0.15) is 56.0 Å². The Morgan fingerprint density at radius 2 is 1.54 bits per heavy atom. The highest BCUT2D eigenvalue weighted by molar-refractivity contribution is 5.91. The van der Waals surface area contributed by atoms with Crippen LogP contribution >= 0.6 is 0 Å². The fourth-order valence-electron chi connectivity index (χ4n) is 2.41. The van der Waals surface area contributed by atoms with Gasteiger partial charge in [-0.2, -0.15) is 0 Å². The number of ether oxygens (including phenoxy) is 2. The number of hydrogen-bond donors (Lipinski definition) is 0. The predicted octanol–water partition coefficient (Wildman–Crippen LogP) is 5.43. The van der Waals surface area contributed by atoms with Gasteiger partial charge in [0, 0.05) is 0 Å². The fraction of sp³-hybridized carbons (Fsp3) is 0.381. The molecule has 0 spiro atoms. The van der Waals surface area contributed by atoms with E-state index in [1.54, 1.807) is 24.3 Å². The highest BCUT2D eigenvalue weighted by Gasteiger charge is 2.09. The topological polar surface area (TPSA) is 35.5 Å². The van der Waals surface area contributed by atoms with Gasteiger partial charge in [0.25, 0.3) is 0 Å². The van der Waals surface area contributed by atoms with Crippen molar-refractivity contribution in [2.45, 2.75) is 52.6 Å². The van der Waals surface area contributed by atoms with Gasteiger partial charge in [0.15, 0.2) is 0 Å². The van der Waals surface area contributed by atoms with E-state index in [1.807, 2.05) is 38.1 Å². The third-order valence-electron chi connectivity index (χ3n) is 3.66. The first-order valence-corrected chi connectivity index (χ1v) is 8.66. The highest BCUT2D eigenvalue weighted by Crippen LogP contribution is 2.18. The maximum absolute atomic E-state index is 12.2. The Morgan fingerprint density at radius 3 is 2.12 bits per heavy atom.